The lowest BCUT2D eigenvalue weighted by Crippen LogP contribution is -2.54. The zero-order valence-corrected chi connectivity index (χ0v) is 9.79. The van der Waals surface area contributed by atoms with Crippen molar-refractivity contribution < 1.29 is 14.3 Å². The highest BCUT2D eigenvalue weighted by atomic mass is 16.5. The smallest absolute Gasteiger partial charge is 0.328 e. The van der Waals surface area contributed by atoms with Crippen LogP contribution in [0.2, 0.25) is 0 Å². The lowest BCUT2D eigenvalue weighted by molar-refractivity contribution is -0.147. The van der Waals surface area contributed by atoms with Crippen LogP contribution in [0.4, 0.5) is 0 Å². The molecule has 0 aromatic rings. The van der Waals surface area contributed by atoms with Crippen molar-refractivity contribution in [3.63, 3.8) is 0 Å². The van der Waals surface area contributed by atoms with Crippen LogP contribution in [0.1, 0.15) is 34.1 Å². The number of nitrogens with one attached hydrogen (secondary N) is 1. The van der Waals surface area contributed by atoms with E-state index in [1.165, 1.54) is 0 Å². The van der Waals surface area contributed by atoms with Gasteiger partial charge in [-0.3, -0.25) is 4.79 Å². The molecule has 3 N–H and O–H groups in total. The summed E-state index contributed by atoms with van der Waals surface area (Å²) in [5.41, 5.74) is 4.77. The molecule has 5 heteroatoms. The molecular formula is C10H20N2O3. The number of carbonyl (C=O) groups is 2. The standard InChI is InChI=1S/C10H20N2O3/c1-5-10(4,11)9(14)12-7(3)8(13)15-6-2/h7H,5-6,11H2,1-4H3,(H,12,14). The molecule has 0 aliphatic rings. The molecule has 0 rings (SSSR count). The highest BCUT2D eigenvalue weighted by molar-refractivity contribution is 5.89. The zero-order chi connectivity index (χ0) is 12.1. The van der Waals surface area contributed by atoms with E-state index in [0.717, 1.165) is 0 Å². The maximum Gasteiger partial charge on any atom is 0.328 e. The van der Waals surface area contributed by atoms with E-state index in [2.05, 4.69) is 5.32 Å². The van der Waals surface area contributed by atoms with Crippen LogP contribution in [0.15, 0.2) is 0 Å². The van der Waals surface area contributed by atoms with Crippen molar-refractivity contribution in [3.05, 3.63) is 0 Å². The van der Waals surface area contributed by atoms with Gasteiger partial charge in [-0.25, -0.2) is 4.79 Å². The van der Waals surface area contributed by atoms with Gasteiger partial charge in [0, 0.05) is 0 Å². The van der Waals surface area contributed by atoms with Crippen LogP contribution in [0.5, 0.6) is 0 Å². The Morgan fingerprint density at radius 1 is 1.47 bits per heavy atom. The fourth-order valence-corrected chi connectivity index (χ4v) is 0.848. The van der Waals surface area contributed by atoms with Crippen LogP contribution < -0.4 is 11.1 Å². The molecule has 0 aromatic heterocycles. The van der Waals surface area contributed by atoms with E-state index in [-0.39, 0.29) is 5.91 Å². The summed E-state index contributed by atoms with van der Waals surface area (Å²) in [7, 11) is 0. The van der Waals surface area contributed by atoms with Gasteiger partial charge >= 0.3 is 5.97 Å². The third-order valence-electron chi connectivity index (χ3n) is 2.24. The summed E-state index contributed by atoms with van der Waals surface area (Å²) < 4.78 is 4.76. The monoisotopic (exact) mass is 216 g/mol. The molecule has 0 saturated heterocycles. The summed E-state index contributed by atoms with van der Waals surface area (Å²) >= 11 is 0. The van der Waals surface area contributed by atoms with Crippen molar-refractivity contribution in [3.8, 4) is 0 Å². The second kappa shape index (κ2) is 5.70. The highest BCUT2D eigenvalue weighted by Crippen LogP contribution is 2.05. The highest BCUT2D eigenvalue weighted by Gasteiger charge is 2.28. The van der Waals surface area contributed by atoms with Gasteiger partial charge in [0.25, 0.3) is 0 Å². The molecule has 15 heavy (non-hydrogen) atoms. The quantitative estimate of drug-likeness (QED) is 0.642. The predicted molar refractivity (Wildman–Crippen MR) is 57.1 cm³/mol. The molecule has 0 aliphatic carbocycles. The Labute approximate surface area is 90.4 Å². The van der Waals surface area contributed by atoms with E-state index < -0.39 is 17.6 Å². The Bertz CT molecular complexity index is 239. The van der Waals surface area contributed by atoms with E-state index in [4.69, 9.17) is 10.5 Å². The van der Waals surface area contributed by atoms with Crippen molar-refractivity contribution in [2.75, 3.05) is 6.61 Å². The molecule has 0 spiro atoms. The van der Waals surface area contributed by atoms with Gasteiger partial charge in [-0.05, 0) is 27.2 Å². The Kier molecular flexibility index (Phi) is 5.28. The molecule has 1 amide bonds. The number of hydrogen-bond acceptors (Lipinski definition) is 4. The molecule has 0 bridgehead atoms. The van der Waals surface area contributed by atoms with Crippen LogP contribution in [0, 0.1) is 0 Å². The molecule has 0 fully saturated rings. The topological polar surface area (TPSA) is 81.4 Å². The molecule has 0 heterocycles. The van der Waals surface area contributed by atoms with Gasteiger partial charge in [-0.15, -0.1) is 0 Å². The molecule has 0 radical (unpaired) electrons. The normalized spacial score (nSPS) is 16.3. The Morgan fingerprint density at radius 3 is 2.40 bits per heavy atom. The Morgan fingerprint density at radius 2 is 2.00 bits per heavy atom. The predicted octanol–water partition coefficient (Wildman–Crippen LogP) is 0.182. The summed E-state index contributed by atoms with van der Waals surface area (Å²) in [6, 6.07) is -0.660. The number of esters is 1. The molecule has 2 atom stereocenters. The summed E-state index contributed by atoms with van der Waals surface area (Å²) in [4.78, 5) is 22.8. The lowest BCUT2D eigenvalue weighted by atomic mass is 9.99. The largest absolute Gasteiger partial charge is 0.464 e. The van der Waals surface area contributed by atoms with Crippen molar-refractivity contribution in [2.24, 2.45) is 5.73 Å². The summed E-state index contributed by atoms with van der Waals surface area (Å²) in [5.74, 6) is -0.789. The van der Waals surface area contributed by atoms with Crippen molar-refractivity contribution in [2.45, 2.75) is 45.7 Å². The minimum atomic E-state index is -0.944. The molecular weight excluding hydrogens is 196 g/mol. The van der Waals surface area contributed by atoms with E-state index in [1.807, 2.05) is 6.92 Å². The Balaban J connectivity index is 4.24. The Hall–Kier alpha value is -1.10. The number of nitrogens with two attached hydrogens (primary N) is 1. The first-order valence-electron chi connectivity index (χ1n) is 5.11. The molecule has 2 unspecified atom stereocenters. The minimum absolute atomic E-state index is 0.298. The first-order chi connectivity index (χ1) is 6.85. The summed E-state index contributed by atoms with van der Waals surface area (Å²) in [6.07, 6.45) is 0.508. The molecule has 0 aromatic carbocycles. The van der Waals surface area contributed by atoms with Gasteiger partial charge in [0.1, 0.15) is 6.04 Å². The van der Waals surface area contributed by atoms with E-state index in [9.17, 15) is 9.59 Å². The van der Waals surface area contributed by atoms with Gasteiger partial charge in [0.05, 0.1) is 12.1 Å². The molecule has 0 aliphatic heterocycles. The summed E-state index contributed by atoms with van der Waals surface area (Å²) in [5, 5.41) is 2.52. The minimum Gasteiger partial charge on any atom is -0.464 e. The second-order valence-corrected chi connectivity index (χ2v) is 3.72. The van der Waals surface area contributed by atoms with E-state index in [0.29, 0.717) is 13.0 Å². The molecule has 88 valence electrons. The average Bonchev–Trinajstić information content (AvgIpc) is 2.17. The molecule has 5 nitrogen and oxygen atoms in total. The van der Waals surface area contributed by atoms with E-state index in [1.54, 1.807) is 20.8 Å². The van der Waals surface area contributed by atoms with Crippen molar-refractivity contribution in [1.29, 1.82) is 0 Å². The van der Waals surface area contributed by atoms with Crippen molar-refractivity contribution >= 4 is 11.9 Å². The van der Waals surface area contributed by atoms with Crippen LogP contribution >= 0.6 is 0 Å². The number of rotatable bonds is 5. The van der Waals surface area contributed by atoms with Crippen LogP contribution in [0.3, 0.4) is 0 Å². The SMILES string of the molecule is CCOC(=O)C(C)NC(=O)C(C)(N)CC. The maximum absolute atomic E-state index is 11.6. The van der Waals surface area contributed by atoms with Gasteiger partial charge < -0.3 is 15.8 Å². The fraction of sp³-hybridized carbons (Fsp3) is 0.800. The van der Waals surface area contributed by atoms with Gasteiger partial charge in [0.2, 0.25) is 5.91 Å². The number of carbonyl (C=O) groups excluding carboxylic acids is 2. The van der Waals surface area contributed by atoms with Crippen molar-refractivity contribution in [1.82, 2.24) is 5.32 Å². The third-order valence-corrected chi connectivity index (χ3v) is 2.24. The maximum atomic E-state index is 11.6. The van der Waals surface area contributed by atoms with Crippen LogP contribution in [-0.2, 0) is 14.3 Å². The third kappa shape index (κ3) is 4.29. The van der Waals surface area contributed by atoms with Gasteiger partial charge in [-0.2, -0.15) is 0 Å². The van der Waals surface area contributed by atoms with E-state index >= 15 is 0 Å². The lowest BCUT2D eigenvalue weighted by Gasteiger charge is -2.23. The second-order valence-electron chi connectivity index (χ2n) is 3.72. The zero-order valence-electron chi connectivity index (χ0n) is 9.79. The first-order valence-corrected chi connectivity index (χ1v) is 5.11. The average molecular weight is 216 g/mol. The van der Waals surface area contributed by atoms with Gasteiger partial charge in [0.15, 0.2) is 0 Å². The van der Waals surface area contributed by atoms with Gasteiger partial charge in [-0.1, -0.05) is 6.92 Å². The number of amides is 1. The number of hydrogen-bond donors (Lipinski definition) is 2. The fourth-order valence-electron chi connectivity index (χ4n) is 0.848. The first kappa shape index (κ1) is 13.9. The summed E-state index contributed by atoms with van der Waals surface area (Å²) in [6.45, 7) is 7.02. The number of ether oxygens (including phenoxy) is 1. The molecule has 0 saturated carbocycles. The van der Waals surface area contributed by atoms with Crippen LogP contribution in [-0.4, -0.2) is 30.1 Å². The van der Waals surface area contributed by atoms with Crippen LogP contribution in [0.25, 0.3) is 0 Å².